The lowest BCUT2D eigenvalue weighted by molar-refractivity contribution is -0.384. The van der Waals surface area contributed by atoms with E-state index in [0.29, 0.717) is 28.0 Å². The quantitative estimate of drug-likeness (QED) is 0.584. The van der Waals surface area contributed by atoms with Crippen molar-refractivity contribution in [2.24, 2.45) is 0 Å². The molecule has 0 amide bonds. The largest absolute Gasteiger partial charge is 0.372 e. The number of nitro groups is 1. The van der Waals surface area contributed by atoms with E-state index in [1.807, 2.05) is 6.07 Å². The van der Waals surface area contributed by atoms with Gasteiger partial charge in [-0.3, -0.25) is 14.9 Å². The van der Waals surface area contributed by atoms with E-state index < -0.39 is 4.92 Å². The monoisotopic (exact) mass is 336 g/mol. The van der Waals surface area contributed by atoms with Gasteiger partial charge in [0, 0.05) is 20.2 Å². The third kappa shape index (κ3) is 3.40. The highest BCUT2D eigenvalue weighted by molar-refractivity contribution is 5.79. The van der Waals surface area contributed by atoms with Gasteiger partial charge in [-0.25, -0.2) is 4.98 Å². The average molecular weight is 336 g/mol. The molecule has 0 fully saturated rings. The van der Waals surface area contributed by atoms with Crippen LogP contribution in [0.25, 0.3) is 23.1 Å². The standard InChI is InChI=1S/C18H16N4O3/c1-21(2)15-9-7-12(11-16(15)22(24)25)8-10-17-19-14-6-4-3-5-13(14)18(23)20-17/h3-11H,1-2H3,(H,19,20,23)/b10-8+. The molecule has 3 rings (SSSR count). The Morgan fingerprint density at radius 1 is 1.16 bits per heavy atom. The van der Waals surface area contributed by atoms with E-state index >= 15 is 0 Å². The molecule has 0 aliphatic carbocycles. The Balaban J connectivity index is 1.98. The molecule has 0 atom stereocenters. The molecule has 0 saturated heterocycles. The summed E-state index contributed by atoms with van der Waals surface area (Å²) in [6, 6.07) is 12.0. The molecular weight excluding hydrogens is 320 g/mol. The molecule has 25 heavy (non-hydrogen) atoms. The fourth-order valence-corrected chi connectivity index (χ4v) is 2.53. The van der Waals surface area contributed by atoms with Gasteiger partial charge in [-0.2, -0.15) is 0 Å². The van der Waals surface area contributed by atoms with Crippen molar-refractivity contribution in [3.05, 3.63) is 74.3 Å². The number of nitrogens with one attached hydrogen (secondary N) is 1. The van der Waals surface area contributed by atoms with Gasteiger partial charge in [0.25, 0.3) is 11.2 Å². The molecule has 7 heteroatoms. The van der Waals surface area contributed by atoms with E-state index in [9.17, 15) is 14.9 Å². The van der Waals surface area contributed by atoms with Gasteiger partial charge in [0.15, 0.2) is 0 Å². The lowest BCUT2D eigenvalue weighted by atomic mass is 10.1. The minimum Gasteiger partial charge on any atom is -0.372 e. The van der Waals surface area contributed by atoms with E-state index in [1.165, 1.54) is 6.07 Å². The first-order chi connectivity index (χ1) is 12.0. The molecular formula is C18H16N4O3. The fraction of sp³-hybridized carbons (Fsp3) is 0.111. The molecule has 1 aromatic heterocycles. The normalized spacial score (nSPS) is 11.1. The Morgan fingerprint density at radius 2 is 1.92 bits per heavy atom. The van der Waals surface area contributed by atoms with Gasteiger partial charge >= 0.3 is 0 Å². The van der Waals surface area contributed by atoms with E-state index in [2.05, 4.69) is 9.97 Å². The van der Waals surface area contributed by atoms with Gasteiger partial charge in [-0.15, -0.1) is 0 Å². The number of hydrogen-bond acceptors (Lipinski definition) is 5. The summed E-state index contributed by atoms with van der Waals surface area (Å²) in [6.45, 7) is 0. The van der Waals surface area contributed by atoms with Crippen LogP contribution in [0.15, 0.2) is 47.3 Å². The maximum atomic E-state index is 12.0. The highest BCUT2D eigenvalue weighted by Crippen LogP contribution is 2.28. The zero-order valence-corrected chi connectivity index (χ0v) is 13.8. The van der Waals surface area contributed by atoms with Crippen molar-refractivity contribution in [3.8, 4) is 0 Å². The minimum atomic E-state index is -0.414. The van der Waals surface area contributed by atoms with Crippen LogP contribution in [-0.2, 0) is 0 Å². The molecule has 3 aromatic rings. The van der Waals surface area contributed by atoms with Crippen LogP contribution >= 0.6 is 0 Å². The number of fused-ring (bicyclic) bond motifs is 1. The van der Waals surface area contributed by atoms with Gasteiger partial charge in [0.1, 0.15) is 11.5 Å². The van der Waals surface area contributed by atoms with Crippen molar-refractivity contribution < 1.29 is 4.92 Å². The van der Waals surface area contributed by atoms with E-state index in [0.717, 1.165) is 0 Å². The molecule has 0 bridgehead atoms. The molecule has 0 aliphatic heterocycles. The Bertz CT molecular complexity index is 1040. The Kier molecular flexibility index (Phi) is 4.30. The van der Waals surface area contributed by atoms with Gasteiger partial charge in [0.05, 0.1) is 15.8 Å². The number of nitrogens with zero attached hydrogens (tertiary/aromatic N) is 3. The number of benzene rings is 2. The van der Waals surface area contributed by atoms with E-state index in [4.69, 9.17) is 0 Å². The SMILES string of the molecule is CN(C)c1ccc(/C=C/c2nc3ccccc3c(=O)[nH]2)cc1[N+](=O)[O-]. The van der Waals surface area contributed by atoms with Gasteiger partial charge in [0.2, 0.25) is 0 Å². The summed E-state index contributed by atoms with van der Waals surface area (Å²) in [4.78, 5) is 31.6. The van der Waals surface area contributed by atoms with Crippen molar-refractivity contribution in [2.45, 2.75) is 0 Å². The molecule has 1 heterocycles. The summed E-state index contributed by atoms with van der Waals surface area (Å²) < 4.78 is 0. The van der Waals surface area contributed by atoms with Gasteiger partial charge in [-0.05, 0) is 29.8 Å². The second-order valence-electron chi connectivity index (χ2n) is 5.70. The molecule has 0 spiro atoms. The lowest BCUT2D eigenvalue weighted by Gasteiger charge is -2.12. The molecule has 7 nitrogen and oxygen atoms in total. The van der Waals surface area contributed by atoms with Crippen molar-refractivity contribution in [1.82, 2.24) is 9.97 Å². The zero-order chi connectivity index (χ0) is 18.0. The molecule has 2 aromatic carbocycles. The number of para-hydroxylation sites is 1. The highest BCUT2D eigenvalue weighted by atomic mass is 16.6. The summed E-state index contributed by atoms with van der Waals surface area (Å²) in [6.07, 6.45) is 3.31. The third-order valence-corrected chi connectivity index (χ3v) is 3.74. The number of rotatable bonds is 4. The van der Waals surface area contributed by atoms with Crippen LogP contribution in [0.1, 0.15) is 11.4 Å². The zero-order valence-electron chi connectivity index (χ0n) is 13.8. The Morgan fingerprint density at radius 3 is 2.64 bits per heavy atom. The van der Waals surface area contributed by atoms with Crippen molar-refractivity contribution in [1.29, 1.82) is 0 Å². The Hall–Kier alpha value is -3.48. The fourth-order valence-electron chi connectivity index (χ4n) is 2.53. The second-order valence-corrected chi connectivity index (χ2v) is 5.70. The molecule has 126 valence electrons. The van der Waals surface area contributed by atoms with Crippen LogP contribution in [0.2, 0.25) is 0 Å². The summed E-state index contributed by atoms with van der Waals surface area (Å²) in [5.41, 5.74) is 1.57. The van der Waals surface area contributed by atoms with E-state index in [1.54, 1.807) is 61.5 Å². The van der Waals surface area contributed by atoms with Crippen LogP contribution in [0.4, 0.5) is 11.4 Å². The van der Waals surface area contributed by atoms with Crippen LogP contribution < -0.4 is 10.5 Å². The topological polar surface area (TPSA) is 92.1 Å². The summed E-state index contributed by atoms with van der Waals surface area (Å²) in [5, 5.41) is 11.8. The second kappa shape index (κ2) is 6.56. The third-order valence-electron chi connectivity index (χ3n) is 3.74. The maximum Gasteiger partial charge on any atom is 0.293 e. The first-order valence-electron chi connectivity index (χ1n) is 7.58. The van der Waals surface area contributed by atoms with Crippen molar-refractivity contribution in [2.75, 3.05) is 19.0 Å². The lowest BCUT2D eigenvalue weighted by Crippen LogP contribution is -2.11. The summed E-state index contributed by atoms with van der Waals surface area (Å²) in [7, 11) is 3.50. The van der Waals surface area contributed by atoms with Crippen LogP contribution in [0, 0.1) is 10.1 Å². The number of aromatic amines is 1. The first kappa shape index (κ1) is 16.4. The van der Waals surface area contributed by atoms with Crippen LogP contribution in [0.5, 0.6) is 0 Å². The van der Waals surface area contributed by atoms with Crippen molar-refractivity contribution in [3.63, 3.8) is 0 Å². The average Bonchev–Trinajstić information content (AvgIpc) is 2.59. The molecule has 0 radical (unpaired) electrons. The number of hydrogen-bond donors (Lipinski definition) is 1. The number of anilines is 1. The molecule has 0 unspecified atom stereocenters. The van der Waals surface area contributed by atoms with Crippen LogP contribution in [0.3, 0.4) is 0 Å². The maximum absolute atomic E-state index is 12.0. The number of H-pyrrole nitrogens is 1. The summed E-state index contributed by atoms with van der Waals surface area (Å²) >= 11 is 0. The minimum absolute atomic E-state index is 0.0205. The molecule has 1 N–H and O–H groups in total. The summed E-state index contributed by atoms with van der Waals surface area (Å²) in [5.74, 6) is 0.392. The van der Waals surface area contributed by atoms with Crippen molar-refractivity contribution >= 4 is 34.4 Å². The van der Waals surface area contributed by atoms with Gasteiger partial charge in [-0.1, -0.05) is 24.3 Å². The predicted molar refractivity (Wildman–Crippen MR) is 98.7 cm³/mol. The van der Waals surface area contributed by atoms with Crippen LogP contribution in [-0.4, -0.2) is 29.0 Å². The smallest absolute Gasteiger partial charge is 0.293 e. The number of aromatic nitrogens is 2. The highest BCUT2D eigenvalue weighted by Gasteiger charge is 2.15. The molecule has 0 saturated carbocycles. The van der Waals surface area contributed by atoms with Gasteiger partial charge < -0.3 is 9.88 Å². The van der Waals surface area contributed by atoms with E-state index in [-0.39, 0.29) is 11.2 Å². The Labute approximate surface area is 143 Å². The first-order valence-corrected chi connectivity index (χ1v) is 7.58. The molecule has 0 aliphatic rings. The predicted octanol–water partition coefficient (Wildman–Crippen LogP) is 3.07. The number of nitro benzene ring substituents is 1.